The summed E-state index contributed by atoms with van der Waals surface area (Å²) in [6.07, 6.45) is 1.81. The number of amides is 3. The molecule has 23 heavy (non-hydrogen) atoms. The topological polar surface area (TPSA) is 61.4 Å². The van der Waals surface area contributed by atoms with Gasteiger partial charge in [-0.25, -0.2) is 9.18 Å². The molecular weight excluding hydrogens is 321 g/mol. The summed E-state index contributed by atoms with van der Waals surface area (Å²) < 4.78 is 13.1. The Morgan fingerprint density at radius 1 is 1.43 bits per heavy atom. The molecule has 0 saturated carbocycles. The molecule has 2 N–H and O–H groups in total. The van der Waals surface area contributed by atoms with E-state index >= 15 is 0 Å². The van der Waals surface area contributed by atoms with Crippen molar-refractivity contribution in [1.82, 2.24) is 15.5 Å². The molecule has 0 radical (unpaired) electrons. The number of carbonyl (C=O) groups is 2. The predicted octanol–water partition coefficient (Wildman–Crippen LogP) is 2.29. The number of likely N-dealkylation sites (tertiary alicyclic amines) is 1. The zero-order chi connectivity index (χ0) is 16.6. The molecule has 2 aliphatic rings. The highest BCUT2D eigenvalue weighted by atomic mass is 35.5. The Hall–Kier alpha value is -1.66. The first-order valence-corrected chi connectivity index (χ1v) is 8.06. The molecule has 3 rings (SSSR count). The molecule has 2 fully saturated rings. The fourth-order valence-electron chi connectivity index (χ4n) is 3.41. The second-order valence-corrected chi connectivity index (χ2v) is 6.83. The zero-order valence-electron chi connectivity index (χ0n) is 12.9. The molecule has 0 spiro atoms. The summed E-state index contributed by atoms with van der Waals surface area (Å²) in [5, 5.41) is 5.47. The molecule has 2 atom stereocenters. The van der Waals surface area contributed by atoms with Crippen LogP contribution in [0.15, 0.2) is 18.2 Å². The van der Waals surface area contributed by atoms with Gasteiger partial charge in [0.1, 0.15) is 11.4 Å². The summed E-state index contributed by atoms with van der Waals surface area (Å²) in [7, 11) is 0. The monoisotopic (exact) mass is 339 g/mol. The average molecular weight is 340 g/mol. The van der Waals surface area contributed by atoms with Gasteiger partial charge < -0.3 is 5.32 Å². The first-order chi connectivity index (χ1) is 10.9. The minimum absolute atomic E-state index is 0.0296. The highest BCUT2D eigenvalue weighted by Crippen LogP contribution is 2.31. The fourth-order valence-corrected chi connectivity index (χ4v) is 3.63. The lowest BCUT2D eigenvalue weighted by atomic mass is 9.80. The summed E-state index contributed by atoms with van der Waals surface area (Å²) in [5.74, 6) is -0.593. The largest absolute Gasteiger partial charge is 0.323 e. The van der Waals surface area contributed by atoms with E-state index in [1.54, 1.807) is 13.0 Å². The van der Waals surface area contributed by atoms with Crippen LogP contribution in [-0.4, -0.2) is 35.5 Å². The minimum Gasteiger partial charge on any atom is -0.323 e. The van der Waals surface area contributed by atoms with Gasteiger partial charge in [0, 0.05) is 24.0 Å². The molecule has 1 aromatic carbocycles. The van der Waals surface area contributed by atoms with E-state index in [-0.39, 0.29) is 17.6 Å². The van der Waals surface area contributed by atoms with Crippen molar-refractivity contribution in [1.29, 1.82) is 0 Å². The number of nitrogens with zero attached hydrogens (tertiary/aromatic N) is 1. The van der Waals surface area contributed by atoms with E-state index in [1.807, 2.05) is 0 Å². The van der Waals surface area contributed by atoms with Crippen LogP contribution < -0.4 is 10.6 Å². The van der Waals surface area contributed by atoms with Crippen LogP contribution in [-0.2, 0) is 11.3 Å². The Bertz CT molecular complexity index is 654. The molecular formula is C16H19ClFN3O2. The van der Waals surface area contributed by atoms with E-state index in [4.69, 9.17) is 11.6 Å². The lowest BCUT2D eigenvalue weighted by molar-refractivity contribution is -0.126. The van der Waals surface area contributed by atoms with Gasteiger partial charge in [-0.3, -0.25) is 15.0 Å². The number of piperidine rings is 1. The van der Waals surface area contributed by atoms with Gasteiger partial charge in [-0.05, 0) is 44.0 Å². The molecule has 1 aromatic rings. The number of hydrogen-bond acceptors (Lipinski definition) is 3. The maximum Gasteiger partial charge on any atom is 0.322 e. The Morgan fingerprint density at radius 3 is 2.87 bits per heavy atom. The van der Waals surface area contributed by atoms with Crippen LogP contribution >= 0.6 is 11.6 Å². The second kappa shape index (κ2) is 6.09. The third kappa shape index (κ3) is 3.19. The second-order valence-electron chi connectivity index (χ2n) is 6.42. The first-order valence-electron chi connectivity index (χ1n) is 7.68. The van der Waals surface area contributed by atoms with Gasteiger partial charge >= 0.3 is 6.03 Å². The molecule has 124 valence electrons. The SMILES string of the molecule is C[C@@]1([C@H]2CCCN(Cc3ccc(F)cc3Cl)C2)NC(=O)NC1=O. The van der Waals surface area contributed by atoms with E-state index in [1.165, 1.54) is 12.1 Å². The maximum absolute atomic E-state index is 13.1. The van der Waals surface area contributed by atoms with Crippen LogP contribution in [0.1, 0.15) is 25.3 Å². The van der Waals surface area contributed by atoms with Gasteiger partial charge in [-0.1, -0.05) is 17.7 Å². The van der Waals surface area contributed by atoms with Crippen LogP contribution in [0.2, 0.25) is 5.02 Å². The van der Waals surface area contributed by atoms with Crippen LogP contribution in [0.3, 0.4) is 0 Å². The normalized spacial score (nSPS) is 28.6. The number of nitrogens with one attached hydrogen (secondary N) is 2. The molecule has 0 bridgehead atoms. The van der Waals surface area contributed by atoms with Gasteiger partial charge in [-0.15, -0.1) is 0 Å². The number of urea groups is 1. The lowest BCUT2D eigenvalue weighted by Gasteiger charge is -2.39. The Kier molecular flexibility index (Phi) is 4.29. The molecule has 2 heterocycles. The summed E-state index contributed by atoms with van der Waals surface area (Å²) in [5.41, 5.74) is -0.0127. The zero-order valence-corrected chi connectivity index (χ0v) is 13.6. The standard InChI is InChI=1S/C16H19ClFN3O2/c1-16(14(22)19-15(23)20-16)11-3-2-6-21(9-11)8-10-4-5-12(18)7-13(10)17/h4-5,7,11H,2-3,6,8-9H2,1H3,(H2,19,20,22,23)/t11-,16-/m0/s1. The quantitative estimate of drug-likeness (QED) is 0.831. The van der Waals surface area contributed by atoms with Gasteiger partial charge in [0.15, 0.2) is 0 Å². The predicted molar refractivity (Wildman–Crippen MR) is 84.5 cm³/mol. The van der Waals surface area contributed by atoms with Crippen molar-refractivity contribution in [3.8, 4) is 0 Å². The molecule has 7 heteroatoms. The van der Waals surface area contributed by atoms with Gasteiger partial charge in [0.05, 0.1) is 0 Å². The highest BCUT2D eigenvalue weighted by molar-refractivity contribution is 6.31. The fraction of sp³-hybridized carbons (Fsp3) is 0.500. The molecule has 2 aliphatic heterocycles. The van der Waals surface area contributed by atoms with Gasteiger partial charge in [-0.2, -0.15) is 0 Å². The van der Waals surface area contributed by atoms with Crippen molar-refractivity contribution < 1.29 is 14.0 Å². The molecule has 2 saturated heterocycles. The molecule has 3 amide bonds. The van der Waals surface area contributed by atoms with Crippen LogP contribution in [0.25, 0.3) is 0 Å². The van der Waals surface area contributed by atoms with Crippen LogP contribution in [0, 0.1) is 11.7 Å². The maximum atomic E-state index is 13.1. The van der Waals surface area contributed by atoms with Gasteiger partial charge in [0.2, 0.25) is 0 Å². The lowest BCUT2D eigenvalue weighted by Crippen LogP contribution is -2.55. The summed E-state index contributed by atoms with van der Waals surface area (Å²) in [6.45, 7) is 3.93. The van der Waals surface area contributed by atoms with Crippen molar-refractivity contribution in [2.45, 2.75) is 31.8 Å². The summed E-state index contributed by atoms with van der Waals surface area (Å²) in [4.78, 5) is 25.7. The third-order valence-corrected chi connectivity index (χ3v) is 5.15. The smallest absolute Gasteiger partial charge is 0.322 e. The van der Waals surface area contributed by atoms with E-state index in [2.05, 4.69) is 15.5 Å². The minimum atomic E-state index is -0.873. The number of benzene rings is 1. The molecule has 5 nitrogen and oxygen atoms in total. The Balaban J connectivity index is 1.71. The van der Waals surface area contributed by atoms with E-state index in [0.717, 1.165) is 24.9 Å². The van der Waals surface area contributed by atoms with Crippen molar-refractivity contribution in [2.75, 3.05) is 13.1 Å². The van der Waals surface area contributed by atoms with Crippen molar-refractivity contribution in [3.63, 3.8) is 0 Å². The Labute approximate surface area is 139 Å². The molecule has 0 unspecified atom stereocenters. The van der Waals surface area contributed by atoms with Crippen LogP contribution in [0.5, 0.6) is 0 Å². The van der Waals surface area contributed by atoms with Crippen molar-refractivity contribution in [2.24, 2.45) is 5.92 Å². The molecule has 0 aliphatic carbocycles. The van der Waals surface area contributed by atoms with Gasteiger partial charge in [0.25, 0.3) is 5.91 Å². The number of imide groups is 1. The highest BCUT2D eigenvalue weighted by Gasteiger charge is 2.48. The Morgan fingerprint density at radius 2 is 2.22 bits per heavy atom. The molecule has 0 aromatic heterocycles. The summed E-state index contributed by atoms with van der Waals surface area (Å²) >= 11 is 6.09. The number of rotatable bonds is 3. The summed E-state index contributed by atoms with van der Waals surface area (Å²) in [6, 6.07) is 3.96. The number of hydrogen-bond donors (Lipinski definition) is 2. The van der Waals surface area contributed by atoms with Crippen LogP contribution in [0.4, 0.5) is 9.18 Å². The first kappa shape index (κ1) is 16.2. The number of halogens is 2. The third-order valence-electron chi connectivity index (χ3n) is 4.80. The van der Waals surface area contributed by atoms with Crippen molar-refractivity contribution >= 4 is 23.5 Å². The number of carbonyl (C=O) groups excluding carboxylic acids is 2. The van der Waals surface area contributed by atoms with E-state index < -0.39 is 11.6 Å². The van der Waals surface area contributed by atoms with E-state index in [0.29, 0.717) is 18.1 Å². The average Bonchev–Trinajstić information content (AvgIpc) is 2.76. The van der Waals surface area contributed by atoms with Crippen molar-refractivity contribution in [3.05, 3.63) is 34.6 Å². The van der Waals surface area contributed by atoms with E-state index in [9.17, 15) is 14.0 Å².